The van der Waals surface area contributed by atoms with E-state index in [1.807, 2.05) is 0 Å². The Morgan fingerprint density at radius 2 is 1.06 bits per heavy atom. The van der Waals surface area contributed by atoms with E-state index in [4.69, 9.17) is 4.98 Å². The van der Waals surface area contributed by atoms with Crippen molar-refractivity contribution < 1.29 is 0 Å². The Bertz CT molecular complexity index is 2980. The SMILES string of the molecule is c1ccc2c(c1)-c1ccccc1C21c2ccccc2-n2c3ccc4c(c5ccccc5n5c6ccccc6nc45)c3c3cccc1c32. The predicted molar refractivity (Wildman–Crippen MR) is 193 cm³/mol. The van der Waals surface area contributed by atoms with Gasteiger partial charge in [0.05, 0.1) is 38.7 Å². The molecular formula is C44H25N3. The van der Waals surface area contributed by atoms with E-state index in [0.29, 0.717) is 0 Å². The molecule has 0 N–H and O–H groups in total. The van der Waals surface area contributed by atoms with Crippen molar-refractivity contribution in [2.24, 2.45) is 0 Å². The highest BCUT2D eigenvalue weighted by molar-refractivity contribution is 6.31. The summed E-state index contributed by atoms with van der Waals surface area (Å²) in [5.74, 6) is 0. The number of hydrogen-bond donors (Lipinski definition) is 0. The van der Waals surface area contributed by atoms with Crippen molar-refractivity contribution in [2.75, 3.05) is 0 Å². The zero-order valence-electron chi connectivity index (χ0n) is 25.3. The zero-order chi connectivity index (χ0) is 30.4. The smallest absolute Gasteiger partial charge is 0.146 e. The van der Waals surface area contributed by atoms with Gasteiger partial charge in [-0.2, -0.15) is 0 Å². The van der Waals surface area contributed by atoms with Gasteiger partial charge in [0.2, 0.25) is 0 Å². The standard InChI is InChI=1S/C44H25N3/c1-4-16-31-26(12-1)27-13-2-5-17-32(27)44(31)33-18-6-9-22-37(33)46-39-25-24-30-40(41(39)29-15-11-19-34(44)42(29)46)28-14-3-8-21-36(28)47-38-23-10-7-20-35(38)45-43(30)47/h1-25H. The summed E-state index contributed by atoms with van der Waals surface area (Å²) < 4.78 is 4.89. The molecule has 1 aliphatic carbocycles. The van der Waals surface area contributed by atoms with Crippen molar-refractivity contribution in [3.63, 3.8) is 0 Å². The van der Waals surface area contributed by atoms with E-state index < -0.39 is 5.41 Å². The summed E-state index contributed by atoms with van der Waals surface area (Å²) in [6.45, 7) is 0. The van der Waals surface area contributed by atoms with Crippen LogP contribution in [-0.2, 0) is 5.41 Å². The summed E-state index contributed by atoms with van der Waals surface area (Å²) in [6, 6.07) is 56.1. The second-order valence-electron chi connectivity index (χ2n) is 13.1. The molecule has 10 aromatic rings. The van der Waals surface area contributed by atoms with Crippen LogP contribution in [0, 0.1) is 0 Å². The van der Waals surface area contributed by atoms with Crippen LogP contribution < -0.4 is 0 Å². The van der Waals surface area contributed by atoms with Crippen molar-refractivity contribution >= 4 is 60.2 Å². The summed E-state index contributed by atoms with van der Waals surface area (Å²) >= 11 is 0. The van der Waals surface area contributed by atoms with Gasteiger partial charge >= 0.3 is 0 Å². The van der Waals surface area contributed by atoms with Gasteiger partial charge in [-0.05, 0) is 69.8 Å². The maximum Gasteiger partial charge on any atom is 0.146 e. The zero-order valence-corrected chi connectivity index (χ0v) is 25.3. The van der Waals surface area contributed by atoms with Crippen LogP contribution in [0.1, 0.15) is 22.3 Å². The average Bonchev–Trinajstić information content (AvgIpc) is 3.79. The molecule has 0 saturated carbocycles. The molecule has 12 rings (SSSR count). The highest BCUT2D eigenvalue weighted by atomic mass is 15.0. The lowest BCUT2D eigenvalue weighted by Gasteiger charge is -2.39. The summed E-state index contributed by atoms with van der Waals surface area (Å²) in [6.07, 6.45) is 0. The minimum absolute atomic E-state index is 0.417. The van der Waals surface area contributed by atoms with Crippen LogP contribution >= 0.6 is 0 Å². The molecule has 2 aliphatic rings. The molecule has 0 bridgehead atoms. The van der Waals surface area contributed by atoms with Gasteiger partial charge in [0.1, 0.15) is 5.65 Å². The first kappa shape index (κ1) is 24.1. The molecule has 3 aromatic heterocycles. The quantitative estimate of drug-likeness (QED) is 0.160. The lowest BCUT2D eigenvalue weighted by molar-refractivity contribution is 0.748. The number of aromatic nitrogens is 3. The highest BCUT2D eigenvalue weighted by Gasteiger charge is 2.50. The third-order valence-corrected chi connectivity index (χ3v) is 11.1. The van der Waals surface area contributed by atoms with E-state index in [-0.39, 0.29) is 0 Å². The first-order valence-corrected chi connectivity index (χ1v) is 16.3. The van der Waals surface area contributed by atoms with Gasteiger partial charge in [-0.25, -0.2) is 4.98 Å². The molecule has 47 heavy (non-hydrogen) atoms. The molecule has 3 nitrogen and oxygen atoms in total. The van der Waals surface area contributed by atoms with Gasteiger partial charge < -0.3 is 4.57 Å². The van der Waals surface area contributed by atoms with Gasteiger partial charge in [0, 0.05) is 26.9 Å². The van der Waals surface area contributed by atoms with Gasteiger partial charge in [0.25, 0.3) is 0 Å². The molecule has 1 spiro atoms. The molecule has 0 saturated heterocycles. The number of benzene rings is 7. The Kier molecular flexibility index (Phi) is 4.17. The third-order valence-electron chi connectivity index (χ3n) is 11.1. The van der Waals surface area contributed by atoms with Crippen LogP contribution in [0.15, 0.2) is 152 Å². The van der Waals surface area contributed by atoms with Gasteiger partial charge in [0.15, 0.2) is 0 Å². The molecule has 7 aromatic carbocycles. The first-order chi connectivity index (χ1) is 23.4. The van der Waals surface area contributed by atoms with Gasteiger partial charge in [-0.3, -0.25) is 4.40 Å². The first-order valence-electron chi connectivity index (χ1n) is 16.3. The summed E-state index contributed by atoms with van der Waals surface area (Å²) in [7, 11) is 0. The topological polar surface area (TPSA) is 22.2 Å². The Balaban J connectivity index is 1.35. The molecule has 0 atom stereocenters. The van der Waals surface area contributed by atoms with Crippen molar-refractivity contribution in [2.45, 2.75) is 5.41 Å². The Morgan fingerprint density at radius 1 is 0.426 bits per heavy atom. The van der Waals surface area contributed by atoms with E-state index >= 15 is 0 Å². The van der Waals surface area contributed by atoms with E-state index in [1.54, 1.807) is 0 Å². The molecule has 4 heterocycles. The van der Waals surface area contributed by atoms with Crippen LogP contribution in [0.25, 0.3) is 77.0 Å². The predicted octanol–water partition coefficient (Wildman–Crippen LogP) is 10.6. The minimum atomic E-state index is -0.417. The van der Waals surface area contributed by atoms with E-state index in [0.717, 1.165) is 16.7 Å². The third kappa shape index (κ3) is 2.60. The molecule has 216 valence electrons. The average molecular weight is 596 g/mol. The molecule has 3 heteroatoms. The van der Waals surface area contributed by atoms with E-state index in [2.05, 4.69) is 161 Å². The van der Waals surface area contributed by atoms with Gasteiger partial charge in [-0.1, -0.05) is 115 Å². The number of rotatable bonds is 0. The molecule has 1 aliphatic heterocycles. The fraction of sp³-hybridized carbons (Fsp3) is 0.0227. The maximum atomic E-state index is 5.24. The number of para-hydroxylation sites is 5. The molecular weight excluding hydrogens is 571 g/mol. The van der Waals surface area contributed by atoms with Crippen molar-refractivity contribution in [1.82, 2.24) is 14.0 Å². The van der Waals surface area contributed by atoms with E-state index in [1.165, 1.54) is 82.5 Å². The molecule has 0 fully saturated rings. The van der Waals surface area contributed by atoms with Crippen molar-refractivity contribution in [3.8, 4) is 16.8 Å². The maximum absolute atomic E-state index is 5.24. The molecule has 0 amide bonds. The Morgan fingerprint density at radius 3 is 1.89 bits per heavy atom. The minimum Gasteiger partial charge on any atom is -0.309 e. The van der Waals surface area contributed by atoms with Crippen molar-refractivity contribution in [1.29, 1.82) is 0 Å². The fourth-order valence-corrected chi connectivity index (χ4v) is 9.45. The number of pyridine rings is 1. The van der Waals surface area contributed by atoms with Crippen LogP contribution in [0.5, 0.6) is 0 Å². The molecule has 0 radical (unpaired) electrons. The summed E-state index contributed by atoms with van der Waals surface area (Å²) in [5, 5.41) is 6.26. The second kappa shape index (κ2) is 8.14. The number of nitrogens with zero attached hydrogens (tertiary/aromatic N) is 3. The number of hydrogen-bond acceptors (Lipinski definition) is 1. The second-order valence-corrected chi connectivity index (χ2v) is 13.1. The highest BCUT2D eigenvalue weighted by Crippen LogP contribution is 2.61. The summed E-state index contributed by atoms with van der Waals surface area (Å²) in [5.41, 5.74) is 15.7. The van der Waals surface area contributed by atoms with Crippen molar-refractivity contribution in [3.05, 3.63) is 174 Å². The largest absolute Gasteiger partial charge is 0.309 e. The molecule has 0 unspecified atom stereocenters. The normalized spacial score (nSPS) is 14.1. The van der Waals surface area contributed by atoms with Gasteiger partial charge in [-0.15, -0.1) is 0 Å². The van der Waals surface area contributed by atoms with E-state index in [9.17, 15) is 0 Å². The lowest BCUT2D eigenvalue weighted by Crippen LogP contribution is -2.33. The Hall–Kier alpha value is -6.19. The van der Waals surface area contributed by atoms with Crippen LogP contribution in [0.2, 0.25) is 0 Å². The fourth-order valence-electron chi connectivity index (χ4n) is 9.45. The van der Waals surface area contributed by atoms with Crippen LogP contribution in [0.4, 0.5) is 0 Å². The number of fused-ring (bicyclic) bond motifs is 21. The van der Waals surface area contributed by atoms with Crippen LogP contribution in [-0.4, -0.2) is 14.0 Å². The summed E-state index contributed by atoms with van der Waals surface area (Å²) in [4.78, 5) is 5.24. The lowest BCUT2D eigenvalue weighted by atomic mass is 9.65. The monoisotopic (exact) mass is 595 g/mol. The number of imidazole rings is 1. The Labute approximate surface area is 269 Å². The van der Waals surface area contributed by atoms with Crippen LogP contribution in [0.3, 0.4) is 0 Å².